The third-order valence-corrected chi connectivity index (χ3v) is 5.93. The Kier molecular flexibility index (Phi) is 5.19. The van der Waals surface area contributed by atoms with E-state index in [1.807, 2.05) is 24.3 Å². The Bertz CT molecular complexity index is 748. The Hall–Kier alpha value is -0.760. The SMILES string of the molecule is CC(NS(=O)(=O)c1ccc(F)cc1Br)c1ccc(Br)cc1. The summed E-state index contributed by atoms with van der Waals surface area (Å²) in [5.41, 5.74) is 0.833. The zero-order chi connectivity index (χ0) is 15.6. The van der Waals surface area contributed by atoms with Gasteiger partial charge < -0.3 is 0 Å². The van der Waals surface area contributed by atoms with Gasteiger partial charge in [0.05, 0.1) is 4.90 Å². The van der Waals surface area contributed by atoms with Gasteiger partial charge in [-0.2, -0.15) is 0 Å². The molecular formula is C14H12Br2FNO2S. The van der Waals surface area contributed by atoms with E-state index in [4.69, 9.17) is 0 Å². The summed E-state index contributed by atoms with van der Waals surface area (Å²) in [6.07, 6.45) is 0. The normalized spacial score (nSPS) is 13.1. The van der Waals surface area contributed by atoms with Crippen molar-refractivity contribution in [3.8, 4) is 0 Å². The second-order valence-electron chi connectivity index (χ2n) is 4.47. The lowest BCUT2D eigenvalue weighted by atomic mass is 10.1. The molecule has 2 aromatic rings. The lowest BCUT2D eigenvalue weighted by Crippen LogP contribution is -2.27. The van der Waals surface area contributed by atoms with Gasteiger partial charge >= 0.3 is 0 Å². The first-order valence-corrected chi connectivity index (χ1v) is 9.09. The molecular weight excluding hydrogens is 425 g/mol. The molecule has 2 aromatic carbocycles. The van der Waals surface area contributed by atoms with Crippen LogP contribution < -0.4 is 4.72 Å². The molecule has 0 saturated carbocycles. The maximum absolute atomic E-state index is 13.1. The van der Waals surface area contributed by atoms with Crippen molar-refractivity contribution in [1.82, 2.24) is 4.72 Å². The molecule has 0 spiro atoms. The molecule has 0 aliphatic rings. The molecule has 1 unspecified atom stereocenters. The minimum absolute atomic E-state index is 0.00728. The van der Waals surface area contributed by atoms with E-state index in [1.54, 1.807) is 6.92 Å². The van der Waals surface area contributed by atoms with Crippen molar-refractivity contribution >= 4 is 41.9 Å². The molecule has 112 valence electrons. The van der Waals surface area contributed by atoms with Crippen LogP contribution in [0.15, 0.2) is 56.3 Å². The van der Waals surface area contributed by atoms with E-state index < -0.39 is 21.9 Å². The van der Waals surface area contributed by atoms with E-state index in [9.17, 15) is 12.8 Å². The summed E-state index contributed by atoms with van der Waals surface area (Å²) in [6.45, 7) is 1.75. The van der Waals surface area contributed by atoms with Crippen LogP contribution in [0.2, 0.25) is 0 Å². The van der Waals surface area contributed by atoms with E-state index in [2.05, 4.69) is 36.6 Å². The molecule has 2 rings (SSSR count). The van der Waals surface area contributed by atoms with Crippen LogP contribution in [0.3, 0.4) is 0 Å². The fraction of sp³-hybridized carbons (Fsp3) is 0.143. The smallest absolute Gasteiger partial charge is 0.207 e. The summed E-state index contributed by atoms with van der Waals surface area (Å²) < 4.78 is 41.4. The predicted molar refractivity (Wildman–Crippen MR) is 87.0 cm³/mol. The first-order valence-electron chi connectivity index (χ1n) is 6.02. The molecule has 0 radical (unpaired) electrons. The first-order chi connectivity index (χ1) is 9.79. The summed E-state index contributed by atoms with van der Waals surface area (Å²) in [7, 11) is -3.74. The van der Waals surface area contributed by atoms with Crippen molar-refractivity contribution in [3.63, 3.8) is 0 Å². The average molecular weight is 437 g/mol. The van der Waals surface area contributed by atoms with Gasteiger partial charge in [-0.3, -0.25) is 0 Å². The number of sulfonamides is 1. The van der Waals surface area contributed by atoms with Crippen LogP contribution >= 0.6 is 31.9 Å². The van der Waals surface area contributed by atoms with E-state index >= 15 is 0 Å². The van der Waals surface area contributed by atoms with Crippen molar-refractivity contribution in [1.29, 1.82) is 0 Å². The zero-order valence-corrected chi connectivity index (χ0v) is 15.0. The Balaban J connectivity index is 2.26. The Labute approximate surface area is 139 Å². The monoisotopic (exact) mass is 435 g/mol. The first kappa shape index (κ1) is 16.6. The van der Waals surface area contributed by atoms with Crippen molar-refractivity contribution < 1.29 is 12.8 Å². The summed E-state index contributed by atoms with van der Waals surface area (Å²) in [5, 5.41) is 0. The van der Waals surface area contributed by atoms with E-state index in [-0.39, 0.29) is 9.37 Å². The maximum Gasteiger partial charge on any atom is 0.242 e. The summed E-state index contributed by atoms with van der Waals surface area (Å²) >= 11 is 6.40. The van der Waals surface area contributed by atoms with Gasteiger partial charge in [0.1, 0.15) is 5.82 Å². The van der Waals surface area contributed by atoms with Crippen molar-refractivity contribution in [2.45, 2.75) is 17.9 Å². The van der Waals surface area contributed by atoms with E-state index in [0.717, 1.165) is 22.2 Å². The van der Waals surface area contributed by atoms with Crippen molar-refractivity contribution in [3.05, 3.63) is 62.8 Å². The molecule has 0 bridgehead atoms. The van der Waals surface area contributed by atoms with Gasteiger partial charge in [-0.15, -0.1) is 0 Å². The van der Waals surface area contributed by atoms with Gasteiger partial charge in [-0.25, -0.2) is 17.5 Å². The van der Waals surface area contributed by atoms with Crippen molar-refractivity contribution in [2.24, 2.45) is 0 Å². The summed E-state index contributed by atoms with van der Waals surface area (Å²) in [4.78, 5) is 0.00728. The van der Waals surface area contributed by atoms with Gasteiger partial charge in [0.25, 0.3) is 0 Å². The largest absolute Gasteiger partial charge is 0.242 e. The topological polar surface area (TPSA) is 46.2 Å². The molecule has 0 fully saturated rings. The Morgan fingerprint density at radius 1 is 1.10 bits per heavy atom. The molecule has 7 heteroatoms. The van der Waals surface area contributed by atoms with Crippen LogP contribution in [0.1, 0.15) is 18.5 Å². The number of nitrogens with one attached hydrogen (secondary N) is 1. The molecule has 1 atom stereocenters. The van der Waals surface area contributed by atoms with Gasteiger partial charge in [0, 0.05) is 15.0 Å². The lowest BCUT2D eigenvalue weighted by molar-refractivity contribution is 0.565. The van der Waals surface area contributed by atoms with Crippen molar-refractivity contribution in [2.75, 3.05) is 0 Å². The predicted octanol–water partition coefficient (Wildman–Crippen LogP) is 4.39. The second-order valence-corrected chi connectivity index (χ2v) is 7.92. The Morgan fingerprint density at radius 3 is 2.29 bits per heavy atom. The molecule has 1 N–H and O–H groups in total. The van der Waals surface area contributed by atoms with Gasteiger partial charge in [0.2, 0.25) is 10.0 Å². The van der Waals surface area contributed by atoms with Gasteiger partial charge in [0.15, 0.2) is 0 Å². The minimum atomic E-state index is -3.74. The lowest BCUT2D eigenvalue weighted by Gasteiger charge is -2.15. The molecule has 0 amide bonds. The molecule has 0 aromatic heterocycles. The van der Waals surface area contributed by atoms with E-state index in [0.29, 0.717) is 0 Å². The van der Waals surface area contributed by atoms with Crippen LogP contribution in [0.5, 0.6) is 0 Å². The van der Waals surface area contributed by atoms with Crippen LogP contribution in [-0.4, -0.2) is 8.42 Å². The van der Waals surface area contributed by atoms with Gasteiger partial charge in [-0.05, 0) is 58.7 Å². The van der Waals surface area contributed by atoms with Crippen LogP contribution in [0.4, 0.5) is 4.39 Å². The fourth-order valence-corrected chi connectivity index (χ4v) is 4.35. The third-order valence-electron chi connectivity index (χ3n) is 2.89. The van der Waals surface area contributed by atoms with Crippen LogP contribution in [-0.2, 0) is 10.0 Å². The van der Waals surface area contributed by atoms with Crippen LogP contribution in [0, 0.1) is 5.82 Å². The highest BCUT2D eigenvalue weighted by Crippen LogP contribution is 2.25. The molecule has 0 aliphatic carbocycles. The molecule has 21 heavy (non-hydrogen) atoms. The Morgan fingerprint density at radius 2 is 1.71 bits per heavy atom. The second kappa shape index (κ2) is 6.56. The number of benzene rings is 2. The standard InChI is InChI=1S/C14H12Br2FNO2S/c1-9(10-2-4-11(15)5-3-10)18-21(19,20)14-7-6-12(17)8-13(14)16/h2-9,18H,1H3. The summed E-state index contributed by atoms with van der Waals surface area (Å²) in [6, 6.07) is 10.4. The quantitative estimate of drug-likeness (QED) is 0.772. The summed E-state index contributed by atoms with van der Waals surface area (Å²) in [5.74, 6) is -0.498. The van der Waals surface area contributed by atoms with Crippen LogP contribution in [0.25, 0.3) is 0 Å². The average Bonchev–Trinajstić information content (AvgIpc) is 2.38. The molecule has 3 nitrogen and oxygen atoms in total. The number of halogens is 3. The highest BCUT2D eigenvalue weighted by atomic mass is 79.9. The number of hydrogen-bond donors (Lipinski definition) is 1. The number of rotatable bonds is 4. The highest BCUT2D eigenvalue weighted by molar-refractivity contribution is 9.10. The minimum Gasteiger partial charge on any atom is -0.207 e. The molecule has 0 heterocycles. The van der Waals surface area contributed by atoms with Gasteiger partial charge in [-0.1, -0.05) is 28.1 Å². The van der Waals surface area contributed by atoms with E-state index in [1.165, 1.54) is 6.07 Å². The fourth-order valence-electron chi connectivity index (χ4n) is 1.81. The zero-order valence-electron chi connectivity index (χ0n) is 11.0. The number of hydrogen-bond acceptors (Lipinski definition) is 2. The maximum atomic E-state index is 13.1. The third kappa shape index (κ3) is 4.12. The molecule has 0 saturated heterocycles. The highest BCUT2D eigenvalue weighted by Gasteiger charge is 2.21. The molecule has 0 aliphatic heterocycles.